The molecule has 0 fully saturated rings. The highest BCUT2D eigenvalue weighted by Gasteiger charge is 2.28. The largest absolute Gasteiger partial charge is 0.508 e. The number of hydrogen-bond donors (Lipinski definition) is 1. The molecule has 0 amide bonds. The zero-order valence-corrected chi connectivity index (χ0v) is 40.9. The van der Waals surface area contributed by atoms with Gasteiger partial charge >= 0.3 is 16.5 Å². The standard InChI is InChI=1S/C53H58O8P2/c1-28-16-32(5)46-38(20-28)39-21-29(2)17-33(6)47(39)57-62(56-46)58-48-34(7)18-30(3)22-40(48)41-23-31(4)19-35(8)49(41)59-63-60-50-42(24-36(54)25-44(50)52(9,10)11)43-26-37(55-15)27-45(51(43)61-63)53(12,13)14/h16-27,54H,1-15H3. The van der Waals surface area contributed by atoms with Crippen LogP contribution in [0.5, 0.6) is 23.0 Å². The summed E-state index contributed by atoms with van der Waals surface area (Å²) in [6.45, 7) is 29.3. The Bertz CT molecular complexity index is 3160. The maximum atomic E-state index is 11.2. The lowest BCUT2D eigenvalue weighted by atomic mass is 9.84. The van der Waals surface area contributed by atoms with E-state index < -0.39 is 21.9 Å². The van der Waals surface area contributed by atoms with E-state index in [2.05, 4.69) is 139 Å². The highest BCUT2D eigenvalue weighted by molar-refractivity contribution is 7.32. The van der Waals surface area contributed by atoms with Gasteiger partial charge in [0, 0.05) is 43.8 Å². The molecule has 63 heavy (non-hydrogen) atoms. The van der Waals surface area contributed by atoms with Gasteiger partial charge in [-0.15, -0.1) is 0 Å². The van der Waals surface area contributed by atoms with E-state index in [4.69, 9.17) is 30.6 Å². The normalized spacial score (nSPS) is 12.4. The van der Waals surface area contributed by atoms with Gasteiger partial charge in [-0.2, -0.15) is 0 Å². The minimum Gasteiger partial charge on any atom is -0.508 e. The van der Waals surface area contributed by atoms with Gasteiger partial charge in [0.05, 0.1) is 7.11 Å². The summed E-state index contributed by atoms with van der Waals surface area (Å²) >= 11 is 0. The second kappa shape index (κ2) is 16.1. The second-order valence-electron chi connectivity index (χ2n) is 19.3. The molecule has 0 aliphatic rings. The van der Waals surface area contributed by atoms with Gasteiger partial charge in [0.1, 0.15) is 45.3 Å². The van der Waals surface area contributed by atoms with E-state index in [0.717, 1.165) is 94.1 Å². The molecule has 6 aromatic carbocycles. The van der Waals surface area contributed by atoms with E-state index in [9.17, 15) is 5.11 Å². The van der Waals surface area contributed by atoms with Gasteiger partial charge in [-0.3, -0.25) is 0 Å². The number of hydrogen-bond acceptors (Lipinski definition) is 8. The Morgan fingerprint density at radius 2 is 0.794 bits per heavy atom. The molecular formula is C53H58O8P2. The average Bonchev–Trinajstić information content (AvgIpc) is 3.43. The Hall–Kier alpha value is -5.68. The number of benzene rings is 6. The van der Waals surface area contributed by atoms with Crippen molar-refractivity contribution >= 4 is 60.4 Å². The number of fused-ring (bicyclic) bond motifs is 6. The van der Waals surface area contributed by atoms with Crippen molar-refractivity contribution in [3.63, 3.8) is 0 Å². The van der Waals surface area contributed by atoms with Gasteiger partial charge in [0.25, 0.3) is 0 Å². The second-order valence-corrected chi connectivity index (χ2v) is 21.2. The fourth-order valence-corrected chi connectivity index (χ4v) is 11.2. The molecule has 0 saturated carbocycles. The molecule has 0 aliphatic carbocycles. The molecule has 0 spiro atoms. The Morgan fingerprint density at radius 1 is 0.429 bits per heavy atom. The van der Waals surface area contributed by atoms with Gasteiger partial charge in [0.15, 0.2) is 0 Å². The first-order valence-corrected chi connectivity index (χ1v) is 23.5. The Morgan fingerprint density at radius 3 is 1.22 bits per heavy atom. The van der Waals surface area contributed by atoms with Crippen LogP contribution in [0.3, 0.4) is 0 Å². The summed E-state index contributed by atoms with van der Waals surface area (Å²) in [5.74, 6) is 2.02. The van der Waals surface area contributed by atoms with E-state index in [1.807, 2.05) is 19.1 Å². The topological polar surface area (TPSA) is 100 Å². The van der Waals surface area contributed by atoms with E-state index >= 15 is 0 Å². The third-order valence-electron chi connectivity index (χ3n) is 11.5. The van der Waals surface area contributed by atoms with Gasteiger partial charge in [-0.25, -0.2) is 0 Å². The van der Waals surface area contributed by atoms with E-state index in [-0.39, 0.29) is 11.2 Å². The lowest BCUT2D eigenvalue weighted by Crippen LogP contribution is -2.12. The first-order valence-electron chi connectivity index (χ1n) is 21.3. The zero-order valence-electron chi connectivity index (χ0n) is 39.1. The van der Waals surface area contributed by atoms with Crippen molar-refractivity contribution in [3.8, 4) is 34.1 Å². The Kier molecular flexibility index (Phi) is 11.3. The fourth-order valence-electron chi connectivity index (χ4n) is 8.71. The predicted molar refractivity (Wildman–Crippen MR) is 260 cm³/mol. The summed E-state index contributed by atoms with van der Waals surface area (Å²) in [7, 11) is -2.49. The highest BCUT2D eigenvalue weighted by Crippen LogP contribution is 2.51. The van der Waals surface area contributed by atoms with E-state index in [0.29, 0.717) is 33.8 Å². The van der Waals surface area contributed by atoms with Crippen LogP contribution >= 0.6 is 16.5 Å². The van der Waals surface area contributed by atoms with Crippen molar-refractivity contribution in [2.75, 3.05) is 7.11 Å². The summed E-state index contributed by atoms with van der Waals surface area (Å²) in [6, 6.07) is 24.5. The lowest BCUT2D eigenvalue weighted by Gasteiger charge is -2.21. The molecule has 2 aromatic heterocycles. The van der Waals surface area contributed by atoms with E-state index in [1.165, 1.54) is 0 Å². The van der Waals surface area contributed by atoms with Crippen LogP contribution in [0.1, 0.15) is 97.2 Å². The average molecular weight is 885 g/mol. The summed E-state index contributed by atoms with van der Waals surface area (Å²) in [5, 5.41) is 14.6. The van der Waals surface area contributed by atoms with Crippen LogP contribution in [-0.4, -0.2) is 12.2 Å². The maximum absolute atomic E-state index is 11.2. The van der Waals surface area contributed by atoms with Crippen molar-refractivity contribution < 1.29 is 35.7 Å². The molecular weight excluding hydrogens is 827 g/mol. The molecule has 1 unspecified atom stereocenters. The van der Waals surface area contributed by atoms with Crippen molar-refractivity contribution in [3.05, 3.63) is 128 Å². The van der Waals surface area contributed by atoms with Crippen LogP contribution in [0.25, 0.3) is 55.0 Å². The number of ether oxygens (including phenoxy) is 1. The lowest BCUT2D eigenvalue weighted by molar-refractivity contribution is 0.413. The van der Waals surface area contributed by atoms with Crippen LogP contribution < -0.4 is 13.8 Å². The first kappa shape index (κ1) is 43.9. The SMILES string of the molecule is COc1cc(C(C)(C)C)c2op(Oc3c(C)cc(C)cc3-c3cc(C)cc(C)c3Op3oc4c(C)cc(C)cc4c4cc(C)cc(C)c4o3)oc3c(C(C)(C)C)cc(O)cc3c2c1. The molecule has 8 aromatic rings. The van der Waals surface area contributed by atoms with Crippen LogP contribution in [0, 0.1) is 55.4 Å². The van der Waals surface area contributed by atoms with Crippen LogP contribution in [0.15, 0.2) is 89.6 Å². The molecule has 8 nitrogen and oxygen atoms in total. The van der Waals surface area contributed by atoms with Gasteiger partial charge in [0.2, 0.25) is 0 Å². The molecule has 0 radical (unpaired) electrons. The summed E-state index contributed by atoms with van der Waals surface area (Å²) in [6.07, 6.45) is 0. The summed E-state index contributed by atoms with van der Waals surface area (Å²) in [5.41, 5.74) is 13.5. The number of methoxy groups -OCH3 is 1. The maximum Gasteiger partial charge on any atom is 0.453 e. The van der Waals surface area contributed by atoms with Crippen molar-refractivity contribution in [2.45, 2.75) is 108 Å². The Balaban J connectivity index is 1.40. The minimum absolute atomic E-state index is 0.130. The molecule has 10 heteroatoms. The molecule has 1 atom stereocenters. The van der Waals surface area contributed by atoms with Crippen LogP contribution in [-0.2, 0) is 10.8 Å². The summed E-state index contributed by atoms with van der Waals surface area (Å²) in [4.78, 5) is 0. The monoisotopic (exact) mass is 884 g/mol. The van der Waals surface area contributed by atoms with Crippen molar-refractivity contribution in [1.29, 1.82) is 0 Å². The quantitative estimate of drug-likeness (QED) is 0.176. The third-order valence-corrected chi connectivity index (χ3v) is 13.5. The third kappa shape index (κ3) is 8.44. The van der Waals surface area contributed by atoms with Crippen molar-refractivity contribution in [2.24, 2.45) is 0 Å². The van der Waals surface area contributed by atoms with Crippen molar-refractivity contribution in [1.82, 2.24) is 0 Å². The molecule has 328 valence electrons. The number of aryl methyl sites for hydroxylation is 8. The van der Waals surface area contributed by atoms with Gasteiger partial charge in [-0.1, -0.05) is 65.8 Å². The first-order chi connectivity index (χ1) is 29.6. The molecule has 0 bridgehead atoms. The smallest absolute Gasteiger partial charge is 0.453 e. The molecule has 2 heterocycles. The Labute approximate surface area is 372 Å². The van der Waals surface area contributed by atoms with Crippen LogP contribution in [0.2, 0.25) is 0 Å². The molecule has 0 aliphatic heterocycles. The minimum atomic E-state index is -2.15. The number of rotatable bonds is 6. The van der Waals surface area contributed by atoms with Crippen LogP contribution in [0.4, 0.5) is 0 Å². The molecule has 1 N–H and O–H groups in total. The molecule has 8 rings (SSSR count). The molecule has 0 saturated heterocycles. The van der Waals surface area contributed by atoms with Gasteiger partial charge in [-0.05, 0) is 159 Å². The fraction of sp³-hybridized carbons (Fsp3) is 0.321. The highest BCUT2D eigenvalue weighted by atomic mass is 31.1. The summed E-state index contributed by atoms with van der Waals surface area (Å²) < 4.78 is 47.7. The zero-order chi connectivity index (χ0) is 45.4. The van der Waals surface area contributed by atoms with E-state index in [1.54, 1.807) is 19.2 Å². The number of aromatic hydroxyl groups is 1. The van der Waals surface area contributed by atoms with Gasteiger partial charge < -0.3 is 35.7 Å². The number of phenolic OH excluding ortho intramolecular Hbond substituents is 1. The predicted octanol–water partition coefficient (Wildman–Crippen LogP) is 17.0. The number of phenols is 1.